The van der Waals surface area contributed by atoms with E-state index in [9.17, 15) is 0 Å². The summed E-state index contributed by atoms with van der Waals surface area (Å²) in [7, 11) is 4.64. The molecular weight excluding hydrogens is 420 g/mol. The van der Waals surface area contributed by atoms with Gasteiger partial charge < -0.3 is 0 Å². The Balaban J connectivity index is 0.000000283. The van der Waals surface area contributed by atoms with Crippen LogP contribution in [0.25, 0.3) is 0 Å². The molecule has 0 amide bonds. The Hall–Kier alpha value is 0.939. The van der Waals surface area contributed by atoms with Crippen molar-refractivity contribution in [2.24, 2.45) is 0 Å². The van der Waals surface area contributed by atoms with Gasteiger partial charge in [0.25, 0.3) is 0 Å². The van der Waals surface area contributed by atoms with Gasteiger partial charge in [-0.2, -0.15) is 0 Å². The maximum atomic E-state index is 4.64. The van der Waals surface area contributed by atoms with Gasteiger partial charge in [0.2, 0.25) is 0 Å². The molecule has 2 aliphatic rings. The molecule has 112 valence electrons. The summed E-state index contributed by atoms with van der Waals surface area (Å²) in [5.41, 5.74) is 0. The Labute approximate surface area is 130 Å². The minimum absolute atomic E-state index is 1.47. The summed E-state index contributed by atoms with van der Waals surface area (Å²) >= 11 is 1.47. The van der Waals surface area contributed by atoms with Gasteiger partial charge in [-0.3, -0.25) is 0 Å². The fourth-order valence-electron chi connectivity index (χ4n) is 2.83. The summed E-state index contributed by atoms with van der Waals surface area (Å²) < 4.78 is 0. The van der Waals surface area contributed by atoms with Gasteiger partial charge in [-0.15, -0.1) is 0 Å². The van der Waals surface area contributed by atoms with Gasteiger partial charge >= 0.3 is 27.5 Å². The molecule has 2 heteroatoms. The van der Waals surface area contributed by atoms with E-state index >= 15 is 0 Å². The molecule has 0 radical (unpaired) electrons. The molecule has 0 bridgehead atoms. The van der Waals surface area contributed by atoms with E-state index in [0.717, 1.165) is 0 Å². The number of rotatable bonds is 0. The summed E-state index contributed by atoms with van der Waals surface area (Å²) in [6, 6.07) is 0. The van der Waals surface area contributed by atoms with Crippen molar-refractivity contribution in [3.05, 3.63) is 0 Å². The van der Waals surface area contributed by atoms with Crippen LogP contribution < -0.4 is 0 Å². The average molecular weight is 452 g/mol. The normalized spacial score (nSPS) is 21.7. The Kier molecular flexibility index (Phi) is 18.9. The maximum absolute atomic E-state index is 4.64. The molecule has 0 saturated heterocycles. The van der Waals surface area contributed by atoms with Gasteiger partial charge in [0, 0.05) is 0 Å². The van der Waals surface area contributed by atoms with Crippen molar-refractivity contribution < 1.29 is 17.9 Å². The second-order valence-electron chi connectivity index (χ2n) is 5.66. The molecule has 0 aliphatic heterocycles. The van der Waals surface area contributed by atoms with Crippen molar-refractivity contribution in [2.45, 2.75) is 103 Å². The van der Waals surface area contributed by atoms with Crippen molar-refractivity contribution in [3.63, 3.8) is 0 Å². The molecule has 2 rings (SSSR count). The predicted octanol–water partition coefficient (Wildman–Crippen LogP) is 6.93. The molecule has 2 saturated carbocycles. The minimum atomic E-state index is 1.47. The first-order valence-corrected chi connectivity index (χ1v) is 11.1. The van der Waals surface area contributed by atoms with Gasteiger partial charge in [-0.25, -0.2) is 0 Å². The summed E-state index contributed by atoms with van der Waals surface area (Å²) in [5, 5.41) is 0. The average Bonchev–Trinajstić information content (AvgIpc) is 2.30. The van der Waals surface area contributed by atoms with Crippen LogP contribution in [0.15, 0.2) is 0 Å². The molecule has 0 atom stereocenters. The Bertz CT molecular complexity index is 75.1. The Morgan fingerprint density at radius 3 is 0.389 bits per heavy atom. The number of hydrogen-bond acceptors (Lipinski definition) is 0. The molecule has 18 heavy (non-hydrogen) atoms. The quantitative estimate of drug-likeness (QED) is 0.374. The molecule has 0 spiro atoms. The third-order valence-corrected chi connectivity index (χ3v) is 4.00. The molecule has 2 fully saturated rings. The summed E-state index contributed by atoms with van der Waals surface area (Å²) in [6.45, 7) is 0. The Morgan fingerprint density at radius 1 is 0.278 bits per heavy atom. The molecule has 0 heterocycles. The van der Waals surface area contributed by atoms with Crippen LogP contribution in [0.2, 0.25) is 0 Å². The van der Waals surface area contributed by atoms with Crippen LogP contribution in [0.5, 0.6) is 0 Å². The van der Waals surface area contributed by atoms with E-state index in [2.05, 4.69) is 9.58 Å². The van der Waals surface area contributed by atoms with Crippen molar-refractivity contribution in [2.75, 3.05) is 0 Å². The van der Waals surface area contributed by atoms with Crippen molar-refractivity contribution in [1.29, 1.82) is 0 Å². The standard InChI is InChI=1S/2C8H16.ClH.Ir/c2*1-2-4-6-8-7-5-3-1;;/h2*1-8H2;1H;/q;;;+1/p-1. The topological polar surface area (TPSA) is 0 Å². The van der Waals surface area contributed by atoms with Crippen LogP contribution in [0, 0.1) is 0 Å². The van der Waals surface area contributed by atoms with Gasteiger partial charge in [0.05, 0.1) is 0 Å². The van der Waals surface area contributed by atoms with Crippen LogP contribution in [0.4, 0.5) is 0 Å². The van der Waals surface area contributed by atoms with E-state index in [1.807, 2.05) is 0 Å². The van der Waals surface area contributed by atoms with Crippen LogP contribution >= 0.6 is 9.58 Å². The molecule has 0 aromatic rings. The number of halogens is 1. The molecule has 0 N–H and O–H groups in total. The van der Waals surface area contributed by atoms with E-state index in [-0.39, 0.29) is 0 Å². The van der Waals surface area contributed by atoms with E-state index in [4.69, 9.17) is 0 Å². The third kappa shape index (κ3) is 15.0. The monoisotopic (exact) mass is 452 g/mol. The first kappa shape index (κ1) is 18.9. The van der Waals surface area contributed by atoms with Crippen LogP contribution in [-0.4, -0.2) is 0 Å². The van der Waals surface area contributed by atoms with Crippen LogP contribution in [0.3, 0.4) is 0 Å². The van der Waals surface area contributed by atoms with Crippen molar-refractivity contribution in [1.82, 2.24) is 0 Å². The fourth-order valence-corrected chi connectivity index (χ4v) is 2.83. The summed E-state index contributed by atoms with van der Waals surface area (Å²) in [6.07, 6.45) is 24.0. The van der Waals surface area contributed by atoms with E-state index in [1.54, 1.807) is 0 Å². The van der Waals surface area contributed by atoms with E-state index in [1.165, 1.54) is 121 Å². The van der Waals surface area contributed by atoms with Gasteiger partial charge in [0.15, 0.2) is 0 Å². The molecule has 0 nitrogen and oxygen atoms in total. The first-order chi connectivity index (χ1) is 9.00. The van der Waals surface area contributed by atoms with Crippen molar-refractivity contribution >= 4 is 9.58 Å². The van der Waals surface area contributed by atoms with E-state index < -0.39 is 0 Å². The zero-order valence-corrected chi connectivity index (χ0v) is 15.2. The number of hydrogen-bond donors (Lipinski definition) is 0. The van der Waals surface area contributed by atoms with Gasteiger partial charge in [-0.1, -0.05) is 103 Å². The zero-order chi connectivity index (χ0) is 13.3. The Morgan fingerprint density at radius 2 is 0.333 bits per heavy atom. The van der Waals surface area contributed by atoms with E-state index in [0.29, 0.717) is 0 Å². The fraction of sp³-hybridized carbons (Fsp3) is 1.00. The second kappa shape index (κ2) is 17.9. The first-order valence-electron chi connectivity index (χ1n) is 8.13. The molecular formula is C16H32ClIr. The third-order valence-electron chi connectivity index (χ3n) is 4.00. The summed E-state index contributed by atoms with van der Waals surface area (Å²) in [5.74, 6) is 0. The summed E-state index contributed by atoms with van der Waals surface area (Å²) in [4.78, 5) is 0. The van der Waals surface area contributed by atoms with Gasteiger partial charge in [0.1, 0.15) is 0 Å². The molecule has 2 aliphatic carbocycles. The molecule has 0 unspecified atom stereocenters. The van der Waals surface area contributed by atoms with Crippen LogP contribution in [-0.2, 0) is 17.9 Å². The second-order valence-corrected chi connectivity index (χ2v) is 5.66. The SMILES string of the molecule is C1CCCCCCC1.C1CCCCCCC1.[Cl][Ir]. The van der Waals surface area contributed by atoms with Gasteiger partial charge in [-0.05, 0) is 0 Å². The predicted molar refractivity (Wildman–Crippen MR) is 79.7 cm³/mol. The zero-order valence-electron chi connectivity index (χ0n) is 12.0. The molecule has 0 aromatic carbocycles. The van der Waals surface area contributed by atoms with Crippen LogP contribution in [0.1, 0.15) is 103 Å². The van der Waals surface area contributed by atoms with Crippen molar-refractivity contribution in [3.8, 4) is 0 Å². The molecule has 0 aromatic heterocycles.